The molecule has 9 heteroatoms. The number of pyridine rings is 2. The molecule has 1 aliphatic heterocycles. The monoisotopic (exact) mass is 454 g/mol. The Morgan fingerprint density at radius 1 is 1.09 bits per heavy atom. The van der Waals surface area contributed by atoms with Gasteiger partial charge in [-0.2, -0.15) is 5.10 Å². The summed E-state index contributed by atoms with van der Waals surface area (Å²) in [5.41, 5.74) is 8.63. The molecule has 0 spiro atoms. The van der Waals surface area contributed by atoms with Crippen molar-refractivity contribution in [3.05, 3.63) is 64.8 Å². The van der Waals surface area contributed by atoms with Crippen molar-refractivity contribution in [2.45, 2.75) is 38.9 Å². The number of hydrogen-bond acceptors (Lipinski definition) is 7. The van der Waals surface area contributed by atoms with E-state index < -0.39 is 0 Å². The Kier molecular flexibility index (Phi) is 4.99. The SMILES string of the molecule is CCn1c(N2CCCC(N)C2)nc2cnn(Cc3nc4ncccc4c4ccccc34)c(=O)c21. The summed E-state index contributed by atoms with van der Waals surface area (Å²) in [6.45, 7) is 4.55. The zero-order valence-corrected chi connectivity index (χ0v) is 19.1. The fourth-order valence-electron chi connectivity index (χ4n) is 5.03. The third kappa shape index (κ3) is 3.31. The highest BCUT2D eigenvalue weighted by Gasteiger charge is 2.24. The third-order valence-electron chi connectivity index (χ3n) is 6.64. The lowest BCUT2D eigenvalue weighted by atomic mass is 10.1. The highest BCUT2D eigenvalue weighted by molar-refractivity contribution is 6.05. The van der Waals surface area contributed by atoms with E-state index in [1.165, 1.54) is 4.68 Å². The number of aryl methyl sites for hydroxylation is 1. The number of anilines is 1. The van der Waals surface area contributed by atoms with E-state index in [1.807, 2.05) is 41.8 Å². The van der Waals surface area contributed by atoms with E-state index in [1.54, 1.807) is 12.4 Å². The second-order valence-electron chi connectivity index (χ2n) is 8.82. The lowest BCUT2D eigenvalue weighted by Crippen LogP contribution is -2.44. The van der Waals surface area contributed by atoms with Crippen molar-refractivity contribution in [3.63, 3.8) is 0 Å². The van der Waals surface area contributed by atoms with E-state index in [9.17, 15) is 4.79 Å². The number of piperidine rings is 1. The summed E-state index contributed by atoms with van der Waals surface area (Å²) < 4.78 is 3.47. The summed E-state index contributed by atoms with van der Waals surface area (Å²) >= 11 is 0. The van der Waals surface area contributed by atoms with E-state index in [4.69, 9.17) is 15.7 Å². The minimum atomic E-state index is -0.175. The van der Waals surface area contributed by atoms with Gasteiger partial charge in [-0.1, -0.05) is 24.3 Å². The summed E-state index contributed by atoms with van der Waals surface area (Å²) in [6, 6.07) is 12.1. The van der Waals surface area contributed by atoms with Crippen molar-refractivity contribution in [2.24, 2.45) is 5.73 Å². The maximum absolute atomic E-state index is 13.6. The van der Waals surface area contributed by atoms with E-state index in [-0.39, 0.29) is 18.1 Å². The maximum atomic E-state index is 13.6. The van der Waals surface area contributed by atoms with Crippen LogP contribution in [0.2, 0.25) is 0 Å². The van der Waals surface area contributed by atoms with Crippen LogP contribution < -0.4 is 16.2 Å². The van der Waals surface area contributed by atoms with Gasteiger partial charge >= 0.3 is 0 Å². The van der Waals surface area contributed by atoms with Gasteiger partial charge in [0.25, 0.3) is 5.56 Å². The molecule has 2 N–H and O–H groups in total. The number of rotatable bonds is 4. The molecule has 9 nitrogen and oxygen atoms in total. The number of fused-ring (bicyclic) bond motifs is 4. The standard InChI is InChI=1S/C25H26N8O/c1-2-32-22-20(30-25(32)31-12-6-7-16(26)14-31)13-28-33(24(22)34)15-21-18-9-4-3-8-17(18)19-10-5-11-27-23(19)29-21/h3-5,8-11,13,16H,2,6-7,12,14-15,26H2,1H3. The Hall–Kier alpha value is -3.85. The molecule has 172 valence electrons. The van der Waals surface area contributed by atoms with Gasteiger partial charge in [0.15, 0.2) is 5.65 Å². The zero-order valence-electron chi connectivity index (χ0n) is 19.1. The number of nitrogens with zero attached hydrogens (tertiary/aromatic N) is 7. The Labute approximate surface area is 195 Å². The van der Waals surface area contributed by atoms with Gasteiger partial charge in [-0.15, -0.1) is 0 Å². The van der Waals surface area contributed by atoms with Crippen LogP contribution in [-0.2, 0) is 13.1 Å². The second-order valence-corrected chi connectivity index (χ2v) is 8.82. The van der Waals surface area contributed by atoms with Crippen LogP contribution in [0.25, 0.3) is 32.8 Å². The van der Waals surface area contributed by atoms with E-state index in [0.29, 0.717) is 23.2 Å². The number of hydrogen-bond donors (Lipinski definition) is 1. The van der Waals surface area contributed by atoms with Crippen LogP contribution in [0.5, 0.6) is 0 Å². The molecule has 5 heterocycles. The predicted molar refractivity (Wildman–Crippen MR) is 133 cm³/mol. The Balaban J connectivity index is 1.48. The predicted octanol–water partition coefficient (Wildman–Crippen LogP) is 2.69. The van der Waals surface area contributed by atoms with Crippen LogP contribution in [0, 0.1) is 0 Å². The summed E-state index contributed by atoms with van der Waals surface area (Å²) in [6.07, 6.45) is 5.44. The second kappa shape index (κ2) is 8.18. The highest BCUT2D eigenvalue weighted by atomic mass is 16.1. The average Bonchev–Trinajstić information content (AvgIpc) is 3.25. The quantitative estimate of drug-likeness (QED) is 0.416. The molecule has 34 heavy (non-hydrogen) atoms. The van der Waals surface area contributed by atoms with Gasteiger partial charge in [-0.25, -0.2) is 19.6 Å². The molecule has 1 fully saturated rings. The van der Waals surface area contributed by atoms with Gasteiger partial charge in [0.05, 0.1) is 18.4 Å². The van der Waals surface area contributed by atoms with Crippen molar-refractivity contribution in [1.82, 2.24) is 29.3 Å². The van der Waals surface area contributed by atoms with Crippen LogP contribution in [0.4, 0.5) is 5.95 Å². The number of benzene rings is 1. The van der Waals surface area contributed by atoms with E-state index in [2.05, 4.69) is 21.0 Å². The normalized spacial score (nSPS) is 16.6. The van der Waals surface area contributed by atoms with Crippen LogP contribution in [0.3, 0.4) is 0 Å². The van der Waals surface area contributed by atoms with Crippen molar-refractivity contribution in [1.29, 1.82) is 0 Å². The van der Waals surface area contributed by atoms with Gasteiger partial charge < -0.3 is 15.2 Å². The summed E-state index contributed by atoms with van der Waals surface area (Å²) in [4.78, 5) is 29.8. The van der Waals surface area contributed by atoms with Crippen molar-refractivity contribution in [3.8, 4) is 0 Å². The summed E-state index contributed by atoms with van der Waals surface area (Å²) in [5, 5.41) is 7.51. The molecule has 0 aliphatic carbocycles. The molecule has 1 saturated heterocycles. The number of imidazole rings is 1. The molecule has 5 aromatic rings. The zero-order chi connectivity index (χ0) is 23.2. The fourth-order valence-corrected chi connectivity index (χ4v) is 5.03. The third-order valence-corrected chi connectivity index (χ3v) is 6.64. The van der Waals surface area contributed by atoms with E-state index >= 15 is 0 Å². The molecule has 1 aliphatic rings. The Morgan fingerprint density at radius 3 is 2.74 bits per heavy atom. The first-order valence-corrected chi connectivity index (χ1v) is 11.7. The maximum Gasteiger partial charge on any atom is 0.293 e. The molecule has 0 amide bonds. The van der Waals surface area contributed by atoms with Crippen LogP contribution in [0.1, 0.15) is 25.5 Å². The van der Waals surface area contributed by atoms with Crippen LogP contribution in [-0.4, -0.2) is 48.4 Å². The molecule has 1 unspecified atom stereocenters. The highest BCUT2D eigenvalue weighted by Crippen LogP contribution is 2.26. The minimum Gasteiger partial charge on any atom is -0.341 e. The van der Waals surface area contributed by atoms with Crippen LogP contribution >= 0.6 is 0 Å². The first-order valence-electron chi connectivity index (χ1n) is 11.7. The van der Waals surface area contributed by atoms with Crippen molar-refractivity contribution in [2.75, 3.05) is 18.0 Å². The van der Waals surface area contributed by atoms with Gasteiger partial charge in [-0.05, 0) is 37.3 Å². The fraction of sp³-hybridized carbons (Fsp3) is 0.320. The van der Waals surface area contributed by atoms with Crippen molar-refractivity contribution >= 4 is 38.8 Å². The van der Waals surface area contributed by atoms with Gasteiger partial charge in [0.2, 0.25) is 5.95 Å². The van der Waals surface area contributed by atoms with E-state index in [0.717, 1.165) is 53.7 Å². The topological polar surface area (TPSA) is 108 Å². The molecule has 0 bridgehead atoms. The first-order chi connectivity index (χ1) is 16.6. The molecule has 6 rings (SSSR count). The molecule has 4 aromatic heterocycles. The Morgan fingerprint density at radius 2 is 1.91 bits per heavy atom. The minimum absolute atomic E-state index is 0.120. The largest absolute Gasteiger partial charge is 0.341 e. The molecular formula is C25H26N8O. The lowest BCUT2D eigenvalue weighted by molar-refractivity contribution is 0.494. The van der Waals surface area contributed by atoms with Gasteiger partial charge in [0, 0.05) is 42.6 Å². The lowest BCUT2D eigenvalue weighted by Gasteiger charge is -2.31. The molecular weight excluding hydrogens is 428 g/mol. The van der Waals surface area contributed by atoms with Crippen molar-refractivity contribution < 1.29 is 0 Å². The number of aromatic nitrogens is 6. The number of nitrogens with two attached hydrogens (primary N) is 1. The molecule has 1 aromatic carbocycles. The summed E-state index contributed by atoms with van der Waals surface area (Å²) in [7, 11) is 0. The average molecular weight is 455 g/mol. The van der Waals surface area contributed by atoms with Gasteiger partial charge in [-0.3, -0.25) is 4.79 Å². The van der Waals surface area contributed by atoms with Gasteiger partial charge in [0.1, 0.15) is 11.0 Å². The van der Waals surface area contributed by atoms with Crippen LogP contribution in [0.15, 0.2) is 53.6 Å². The molecule has 0 radical (unpaired) electrons. The Bertz CT molecular complexity index is 1590. The molecule has 0 saturated carbocycles. The molecule has 1 atom stereocenters. The smallest absolute Gasteiger partial charge is 0.293 e. The summed E-state index contributed by atoms with van der Waals surface area (Å²) in [5.74, 6) is 0.794. The first kappa shape index (κ1) is 20.7.